The molecule has 1 saturated heterocycles. The second-order valence-corrected chi connectivity index (χ2v) is 4.78. The minimum atomic E-state index is -0.174. The van der Waals surface area contributed by atoms with Gasteiger partial charge in [-0.3, -0.25) is 4.79 Å². The van der Waals surface area contributed by atoms with E-state index in [9.17, 15) is 4.79 Å². The normalized spacial score (nSPS) is 18.3. The van der Waals surface area contributed by atoms with Crippen molar-refractivity contribution in [3.63, 3.8) is 0 Å². The van der Waals surface area contributed by atoms with Crippen molar-refractivity contribution in [1.29, 1.82) is 0 Å². The van der Waals surface area contributed by atoms with Crippen molar-refractivity contribution in [1.82, 2.24) is 10.3 Å². The quantitative estimate of drug-likeness (QED) is 0.899. The molecule has 0 aliphatic carbocycles. The number of nitrogens with one attached hydrogen (secondary N) is 1. The Bertz CT molecular complexity index is 448. The SMILES string of the molecule is CCCNC(=O)c1cnc(OC2CCOC2)c(Cl)c1. The molecule has 1 atom stereocenters. The molecule has 5 nitrogen and oxygen atoms in total. The maximum absolute atomic E-state index is 11.7. The summed E-state index contributed by atoms with van der Waals surface area (Å²) in [5.41, 5.74) is 0.438. The van der Waals surface area contributed by atoms with Crippen LogP contribution in [0.3, 0.4) is 0 Å². The molecule has 1 aliphatic rings. The first-order valence-electron chi connectivity index (χ1n) is 6.39. The number of hydrogen-bond donors (Lipinski definition) is 1. The predicted octanol–water partition coefficient (Wildman–Crippen LogP) is 2.04. The smallest absolute Gasteiger partial charge is 0.252 e. The van der Waals surface area contributed by atoms with E-state index >= 15 is 0 Å². The number of carbonyl (C=O) groups excluding carboxylic acids is 1. The van der Waals surface area contributed by atoms with E-state index in [1.165, 1.54) is 6.20 Å². The van der Waals surface area contributed by atoms with E-state index < -0.39 is 0 Å². The van der Waals surface area contributed by atoms with Crippen LogP contribution in [0.25, 0.3) is 0 Å². The number of amides is 1. The van der Waals surface area contributed by atoms with Gasteiger partial charge in [0.1, 0.15) is 11.1 Å². The molecule has 0 radical (unpaired) electrons. The lowest BCUT2D eigenvalue weighted by atomic mass is 10.2. The van der Waals surface area contributed by atoms with Crippen molar-refractivity contribution in [2.75, 3.05) is 19.8 Å². The van der Waals surface area contributed by atoms with Crippen LogP contribution in [-0.2, 0) is 4.74 Å². The van der Waals surface area contributed by atoms with Crippen LogP contribution in [0.15, 0.2) is 12.3 Å². The van der Waals surface area contributed by atoms with E-state index in [1.54, 1.807) is 6.07 Å². The van der Waals surface area contributed by atoms with E-state index in [2.05, 4.69) is 10.3 Å². The first kappa shape index (κ1) is 14.1. The van der Waals surface area contributed by atoms with E-state index in [1.807, 2.05) is 6.92 Å². The summed E-state index contributed by atoms with van der Waals surface area (Å²) in [4.78, 5) is 15.8. The standard InChI is InChI=1S/C13H17ClN2O3/c1-2-4-15-12(17)9-6-11(14)13(16-7-9)19-10-3-5-18-8-10/h6-7,10H,2-5,8H2,1H3,(H,15,17). The number of carbonyl (C=O) groups is 1. The van der Waals surface area contributed by atoms with Crippen LogP contribution >= 0.6 is 11.6 Å². The summed E-state index contributed by atoms with van der Waals surface area (Å²) < 4.78 is 10.8. The molecule has 0 saturated carbocycles. The van der Waals surface area contributed by atoms with Gasteiger partial charge in [0.15, 0.2) is 0 Å². The number of nitrogens with zero attached hydrogens (tertiary/aromatic N) is 1. The van der Waals surface area contributed by atoms with Crippen LogP contribution in [0.4, 0.5) is 0 Å². The van der Waals surface area contributed by atoms with E-state index in [0.717, 1.165) is 12.8 Å². The molecule has 0 spiro atoms. The second kappa shape index (κ2) is 6.73. The Hall–Kier alpha value is -1.33. The predicted molar refractivity (Wildman–Crippen MR) is 71.7 cm³/mol. The van der Waals surface area contributed by atoms with Crippen LogP contribution < -0.4 is 10.1 Å². The van der Waals surface area contributed by atoms with Crippen LogP contribution in [0, 0.1) is 0 Å². The van der Waals surface area contributed by atoms with Gasteiger partial charge in [0.2, 0.25) is 5.88 Å². The lowest BCUT2D eigenvalue weighted by molar-refractivity contribution is 0.0953. The molecule has 0 bridgehead atoms. The molecule has 2 heterocycles. The van der Waals surface area contributed by atoms with Gasteiger partial charge in [-0.1, -0.05) is 18.5 Å². The van der Waals surface area contributed by atoms with Gasteiger partial charge < -0.3 is 14.8 Å². The van der Waals surface area contributed by atoms with Crippen LogP contribution in [0.1, 0.15) is 30.1 Å². The van der Waals surface area contributed by atoms with Crippen molar-refractivity contribution in [2.45, 2.75) is 25.9 Å². The molecule has 19 heavy (non-hydrogen) atoms. The molecule has 6 heteroatoms. The summed E-state index contributed by atoms with van der Waals surface area (Å²) in [6.07, 6.45) is 3.18. The van der Waals surface area contributed by atoms with Crippen molar-refractivity contribution in [3.05, 3.63) is 22.8 Å². The van der Waals surface area contributed by atoms with E-state index in [4.69, 9.17) is 21.1 Å². The van der Waals surface area contributed by atoms with Crippen molar-refractivity contribution >= 4 is 17.5 Å². The Kier molecular flexibility index (Phi) is 4.99. The first-order chi connectivity index (χ1) is 9.20. The Morgan fingerprint density at radius 3 is 3.16 bits per heavy atom. The van der Waals surface area contributed by atoms with Gasteiger partial charge >= 0.3 is 0 Å². The summed E-state index contributed by atoms with van der Waals surface area (Å²) >= 11 is 6.08. The highest BCUT2D eigenvalue weighted by Gasteiger charge is 2.19. The van der Waals surface area contributed by atoms with Crippen molar-refractivity contribution < 1.29 is 14.3 Å². The third-order valence-electron chi connectivity index (χ3n) is 2.77. The third kappa shape index (κ3) is 3.81. The van der Waals surface area contributed by atoms with Gasteiger partial charge in [-0.05, 0) is 12.5 Å². The minimum Gasteiger partial charge on any atom is -0.471 e. The number of aromatic nitrogens is 1. The fourth-order valence-electron chi connectivity index (χ4n) is 1.74. The molecule has 104 valence electrons. The molecular weight excluding hydrogens is 268 g/mol. The molecule has 1 aromatic rings. The largest absolute Gasteiger partial charge is 0.471 e. The van der Waals surface area contributed by atoms with Crippen molar-refractivity contribution in [2.24, 2.45) is 0 Å². The average molecular weight is 285 g/mol. The number of pyridine rings is 1. The molecule has 1 unspecified atom stereocenters. The number of rotatable bonds is 5. The zero-order valence-corrected chi connectivity index (χ0v) is 11.6. The van der Waals surface area contributed by atoms with Crippen LogP contribution in [0.5, 0.6) is 5.88 Å². The van der Waals surface area contributed by atoms with Gasteiger partial charge in [0.05, 0.1) is 18.8 Å². The fourth-order valence-corrected chi connectivity index (χ4v) is 1.95. The highest BCUT2D eigenvalue weighted by atomic mass is 35.5. The summed E-state index contributed by atoms with van der Waals surface area (Å²) in [7, 11) is 0. The number of ether oxygens (including phenoxy) is 2. The van der Waals surface area contributed by atoms with Crippen LogP contribution in [0.2, 0.25) is 5.02 Å². The third-order valence-corrected chi connectivity index (χ3v) is 3.04. The number of hydrogen-bond acceptors (Lipinski definition) is 4. The summed E-state index contributed by atoms with van der Waals surface area (Å²) in [6.45, 7) is 3.87. The Morgan fingerprint density at radius 2 is 2.53 bits per heavy atom. The van der Waals surface area contributed by atoms with Gasteiger partial charge in [-0.2, -0.15) is 0 Å². The molecule has 0 aromatic carbocycles. The van der Waals surface area contributed by atoms with Gasteiger partial charge in [0, 0.05) is 19.2 Å². The second-order valence-electron chi connectivity index (χ2n) is 4.37. The molecule has 1 fully saturated rings. The van der Waals surface area contributed by atoms with Gasteiger partial charge in [-0.15, -0.1) is 0 Å². The van der Waals surface area contributed by atoms with Crippen LogP contribution in [-0.4, -0.2) is 36.8 Å². The number of halogens is 1. The lowest BCUT2D eigenvalue weighted by Crippen LogP contribution is -2.24. The average Bonchev–Trinajstić information content (AvgIpc) is 2.91. The lowest BCUT2D eigenvalue weighted by Gasteiger charge is -2.12. The Morgan fingerprint density at radius 1 is 1.68 bits per heavy atom. The highest BCUT2D eigenvalue weighted by Crippen LogP contribution is 2.25. The van der Waals surface area contributed by atoms with Gasteiger partial charge in [-0.25, -0.2) is 4.98 Å². The zero-order valence-electron chi connectivity index (χ0n) is 10.8. The Labute approximate surface area is 117 Å². The maximum atomic E-state index is 11.7. The van der Waals surface area contributed by atoms with E-state index in [-0.39, 0.29) is 12.0 Å². The topological polar surface area (TPSA) is 60.5 Å². The Balaban J connectivity index is 2.01. The summed E-state index contributed by atoms with van der Waals surface area (Å²) in [5.74, 6) is 0.177. The molecule has 1 aliphatic heterocycles. The highest BCUT2D eigenvalue weighted by molar-refractivity contribution is 6.32. The fraction of sp³-hybridized carbons (Fsp3) is 0.538. The summed E-state index contributed by atoms with van der Waals surface area (Å²) in [5, 5.41) is 3.11. The molecule has 1 N–H and O–H groups in total. The molecule has 1 aromatic heterocycles. The molecule has 1 amide bonds. The monoisotopic (exact) mass is 284 g/mol. The van der Waals surface area contributed by atoms with E-state index in [0.29, 0.717) is 36.2 Å². The minimum absolute atomic E-state index is 0.00947. The van der Waals surface area contributed by atoms with Gasteiger partial charge in [0.25, 0.3) is 5.91 Å². The first-order valence-corrected chi connectivity index (χ1v) is 6.76. The zero-order chi connectivity index (χ0) is 13.7. The van der Waals surface area contributed by atoms with Crippen molar-refractivity contribution in [3.8, 4) is 5.88 Å². The maximum Gasteiger partial charge on any atom is 0.252 e. The molecule has 2 rings (SSSR count). The molecular formula is C13H17ClN2O3. The summed E-state index contributed by atoms with van der Waals surface area (Å²) in [6, 6.07) is 1.57.